The number of amides is 2. The summed E-state index contributed by atoms with van der Waals surface area (Å²) in [5.74, 6) is -0.587. The maximum Gasteiger partial charge on any atom is 0.280 e. The van der Waals surface area contributed by atoms with E-state index in [1.807, 2.05) is 6.92 Å². The van der Waals surface area contributed by atoms with E-state index in [-0.39, 0.29) is 23.6 Å². The highest BCUT2D eigenvalue weighted by Crippen LogP contribution is 2.23. The lowest BCUT2D eigenvalue weighted by Crippen LogP contribution is -2.39. The van der Waals surface area contributed by atoms with Crippen molar-refractivity contribution in [3.8, 4) is 0 Å². The zero-order valence-electron chi connectivity index (χ0n) is 9.01. The summed E-state index contributed by atoms with van der Waals surface area (Å²) in [4.78, 5) is 29.1. The van der Waals surface area contributed by atoms with E-state index in [1.165, 1.54) is 11.1 Å². The number of rotatable bonds is 3. The van der Waals surface area contributed by atoms with Gasteiger partial charge in [0, 0.05) is 12.2 Å². The molecule has 0 spiro atoms. The van der Waals surface area contributed by atoms with E-state index in [1.54, 1.807) is 12.1 Å². The van der Waals surface area contributed by atoms with Crippen LogP contribution in [0.15, 0.2) is 18.3 Å². The maximum absolute atomic E-state index is 11.9. The summed E-state index contributed by atoms with van der Waals surface area (Å²) in [6, 6.07) is 3.10. The molecule has 84 valence electrons. The fourth-order valence-electron chi connectivity index (χ4n) is 1.86. The Hall–Kier alpha value is -1.75. The van der Waals surface area contributed by atoms with Gasteiger partial charge in [-0.1, -0.05) is 0 Å². The van der Waals surface area contributed by atoms with Crippen molar-refractivity contribution in [2.24, 2.45) is 5.73 Å². The van der Waals surface area contributed by atoms with Gasteiger partial charge in [-0.05, 0) is 32.0 Å². The van der Waals surface area contributed by atoms with Crippen LogP contribution in [0.5, 0.6) is 0 Å². The van der Waals surface area contributed by atoms with Crippen LogP contribution in [0.2, 0.25) is 0 Å². The van der Waals surface area contributed by atoms with Crippen LogP contribution in [0.25, 0.3) is 0 Å². The lowest BCUT2D eigenvalue weighted by molar-refractivity contribution is 0.0590. The molecule has 2 amide bonds. The number of fused-ring (bicyclic) bond motifs is 1. The molecule has 2 rings (SSSR count). The van der Waals surface area contributed by atoms with Crippen molar-refractivity contribution in [1.82, 2.24) is 9.88 Å². The molecule has 1 aliphatic heterocycles. The molecular weight excluding hydrogens is 206 g/mol. The molecule has 2 N–H and O–H groups in total. The van der Waals surface area contributed by atoms with Crippen molar-refractivity contribution in [2.45, 2.75) is 19.4 Å². The molecule has 0 bridgehead atoms. The van der Waals surface area contributed by atoms with Gasteiger partial charge in [-0.25, -0.2) is 0 Å². The van der Waals surface area contributed by atoms with E-state index in [4.69, 9.17) is 5.73 Å². The van der Waals surface area contributed by atoms with Crippen LogP contribution < -0.4 is 5.73 Å². The van der Waals surface area contributed by atoms with Gasteiger partial charge in [-0.2, -0.15) is 0 Å². The highest BCUT2D eigenvalue weighted by molar-refractivity contribution is 6.20. The average molecular weight is 219 g/mol. The molecule has 0 radical (unpaired) electrons. The third-order valence-electron chi connectivity index (χ3n) is 2.70. The summed E-state index contributed by atoms with van der Waals surface area (Å²) in [6.07, 6.45) is 2.12. The number of hydrogen-bond acceptors (Lipinski definition) is 4. The zero-order valence-corrected chi connectivity index (χ0v) is 9.01. The molecule has 0 saturated heterocycles. The summed E-state index contributed by atoms with van der Waals surface area (Å²) in [7, 11) is 0. The quantitative estimate of drug-likeness (QED) is 0.747. The Bertz CT molecular complexity index is 410. The Labute approximate surface area is 93.3 Å². The standard InChI is InChI=1S/C11H13N3O2/c1-7(4-5-12)14-10(15)8-3-2-6-13-9(8)11(14)16/h2-3,6-7H,4-5,12H2,1H3. The van der Waals surface area contributed by atoms with Gasteiger partial charge in [0.1, 0.15) is 5.69 Å². The van der Waals surface area contributed by atoms with Gasteiger partial charge in [0.15, 0.2) is 0 Å². The molecule has 0 fully saturated rings. The van der Waals surface area contributed by atoms with Crippen LogP contribution in [0.3, 0.4) is 0 Å². The molecule has 5 heteroatoms. The smallest absolute Gasteiger partial charge is 0.280 e. The number of nitrogens with zero attached hydrogens (tertiary/aromatic N) is 2. The monoisotopic (exact) mass is 219 g/mol. The Morgan fingerprint density at radius 2 is 2.19 bits per heavy atom. The van der Waals surface area contributed by atoms with Gasteiger partial charge >= 0.3 is 0 Å². The maximum atomic E-state index is 11.9. The summed E-state index contributed by atoms with van der Waals surface area (Å²) in [5, 5.41) is 0. The Kier molecular flexibility index (Phi) is 2.70. The first-order valence-corrected chi connectivity index (χ1v) is 5.19. The van der Waals surface area contributed by atoms with E-state index in [0.29, 0.717) is 18.5 Å². The van der Waals surface area contributed by atoms with Crippen molar-refractivity contribution in [3.63, 3.8) is 0 Å². The molecule has 1 aliphatic rings. The minimum absolute atomic E-state index is 0.181. The number of nitrogens with two attached hydrogens (primary N) is 1. The highest BCUT2D eigenvalue weighted by Gasteiger charge is 2.38. The number of pyridine rings is 1. The second-order valence-electron chi connectivity index (χ2n) is 3.81. The molecule has 1 unspecified atom stereocenters. The van der Waals surface area contributed by atoms with Crippen molar-refractivity contribution in [2.75, 3.05) is 6.54 Å². The van der Waals surface area contributed by atoms with E-state index in [2.05, 4.69) is 4.98 Å². The van der Waals surface area contributed by atoms with Crippen molar-refractivity contribution in [3.05, 3.63) is 29.6 Å². The molecule has 0 aliphatic carbocycles. The molecule has 16 heavy (non-hydrogen) atoms. The molecule has 1 aromatic heterocycles. The fourth-order valence-corrected chi connectivity index (χ4v) is 1.86. The summed E-state index contributed by atoms with van der Waals surface area (Å²) >= 11 is 0. The Morgan fingerprint density at radius 3 is 2.81 bits per heavy atom. The first-order chi connectivity index (χ1) is 7.66. The molecule has 2 heterocycles. The van der Waals surface area contributed by atoms with Crippen LogP contribution in [0, 0.1) is 0 Å². The van der Waals surface area contributed by atoms with Gasteiger partial charge in [0.05, 0.1) is 5.56 Å². The van der Waals surface area contributed by atoms with Crippen LogP contribution in [0.1, 0.15) is 34.2 Å². The Morgan fingerprint density at radius 1 is 1.44 bits per heavy atom. The van der Waals surface area contributed by atoms with Crippen LogP contribution >= 0.6 is 0 Å². The van der Waals surface area contributed by atoms with Crippen molar-refractivity contribution >= 4 is 11.8 Å². The minimum atomic E-state index is -0.318. The van der Waals surface area contributed by atoms with E-state index < -0.39 is 0 Å². The number of imide groups is 1. The third-order valence-corrected chi connectivity index (χ3v) is 2.70. The normalized spacial score (nSPS) is 16.5. The minimum Gasteiger partial charge on any atom is -0.330 e. The number of hydrogen-bond donors (Lipinski definition) is 1. The number of carbonyl (C=O) groups excluding carboxylic acids is 2. The second kappa shape index (κ2) is 4.02. The van der Waals surface area contributed by atoms with Gasteiger partial charge in [0.25, 0.3) is 11.8 Å². The van der Waals surface area contributed by atoms with Crippen molar-refractivity contribution in [1.29, 1.82) is 0 Å². The topological polar surface area (TPSA) is 76.3 Å². The summed E-state index contributed by atoms with van der Waals surface area (Å²) < 4.78 is 0. The van der Waals surface area contributed by atoms with Crippen molar-refractivity contribution < 1.29 is 9.59 Å². The molecule has 1 atom stereocenters. The summed E-state index contributed by atoms with van der Waals surface area (Å²) in [6.45, 7) is 2.26. The first kappa shape index (κ1) is 10.8. The predicted molar refractivity (Wildman–Crippen MR) is 57.9 cm³/mol. The van der Waals surface area contributed by atoms with Gasteiger partial charge in [-0.3, -0.25) is 19.5 Å². The number of carbonyl (C=O) groups is 2. The molecule has 0 saturated carbocycles. The summed E-state index contributed by atoms with van der Waals surface area (Å²) in [5.41, 5.74) is 6.06. The highest BCUT2D eigenvalue weighted by atomic mass is 16.2. The average Bonchev–Trinajstić information content (AvgIpc) is 2.53. The first-order valence-electron chi connectivity index (χ1n) is 5.19. The molecule has 5 nitrogen and oxygen atoms in total. The van der Waals surface area contributed by atoms with E-state index in [9.17, 15) is 9.59 Å². The Balaban J connectivity index is 2.35. The van der Waals surface area contributed by atoms with Crippen LogP contribution in [-0.4, -0.2) is 34.3 Å². The lowest BCUT2D eigenvalue weighted by Gasteiger charge is -2.21. The predicted octanol–water partition coefficient (Wildman–Crippen LogP) is 0.415. The largest absolute Gasteiger partial charge is 0.330 e. The van der Waals surface area contributed by atoms with Crippen LogP contribution in [0.4, 0.5) is 0 Å². The SMILES string of the molecule is CC(CCN)N1C(=O)c2cccnc2C1=O. The molecule has 1 aromatic rings. The third kappa shape index (κ3) is 1.49. The van der Waals surface area contributed by atoms with Gasteiger partial charge in [-0.15, -0.1) is 0 Å². The number of aromatic nitrogens is 1. The van der Waals surface area contributed by atoms with E-state index in [0.717, 1.165) is 0 Å². The van der Waals surface area contributed by atoms with Gasteiger partial charge in [0.2, 0.25) is 0 Å². The molecular formula is C11H13N3O2. The zero-order chi connectivity index (χ0) is 11.7. The second-order valence-corrected chi connectivity index (χ2v) is 3.81. The lowest BCUT2D eigenvalue weighted by atomic mass is 10.2. The molecule has 0 aromatic carbocycles. The fraction of sp³-hybridized carbons (Fsp3) is 0.364. The van der Waals surface area contributed by atoms with Crippen LogP contribution in [-0.2, 0) is 0 Å². The van der Waals surface area contributed by atoms with E-state index >= 15 is 0 Å². The van der Waals surface area contributed by atoms with Gasteiger partial charge < -0.3 is 5.73 Å².